The van der Waals surface area contributed by atoms with Crippen LogP contribution in [0.1, 0.15) is 28.8 Å². The van der Waals surface area contributed by atoms with Gasteiger partial charge in [-0.15, -0.1) is 0 Å². The molecule has 0 saturated heterocycles. The van der Waals surface area contributed by atoms with E-state index in [4.69, 9.17) is 14.5 Å². The van der Waals surface area contributed by atoms with E-state index in [0.717, 1.165) is 56.0 Å². The summed E-state index contributed by atoms with van der Waals surface area (Å²) in [4.78, 5) is 9.64. The van der Waals surface area contributed by atoms with Crippen LogP contribution in [0.15, 0.2) is 90.1 Å². The first-order valence-corrected chi connectivity index (χ1v) is 11.1. The number of aromatic nitrogens is 6. The number of hydrogen-bond donors (Lipinski definition) is 1. The maximum atomic E-state index is 5.44. The van der Waals surface area contributed by atoms with E-state index >= 15 is 0 Å². The van der Waals surface area contributed by atoms with Gasteiger partial charge in [-0.1, -0.05) is 41.6 Å². The highest BCUT2D eigenvalue weighted by molar-refractivity contribution is 5.95. The Hall–Kier alpha value is -4.52. The lowest BCUT2D eigenvalue weighted by Gasteiger charge is -2.20. The Bertz CT molecular complexity index is 1510. The highest BCUT2D eigenvalue weighted by Crippen LogP contribution is 2.37. The van der Waals surface area contributed by atoms with Crippen LogP contribution in [-0.4, -0.2) is 29.9 Å². The third kappa shape index (κ3) is 3.29. The van der Waals surface area contributed by atoms with Gasteiger partial charge in [-0.3, -0.25) is 15.1 Å². The van der Waals surface area contributed by atoms with Gasteiger partial charge in [0, 0.05) is 47.0 Å². The van der Waals surface area contributed by atoms with Gasteiger partial charge in [0.05, 0.1) is 28.6 Å². The maximum Gasteiger partial charge on any atom is 0.141 e. The quantitative estimate of drug-likeness (QED) is 0.365. The molecule has 5 heterocycles. The second kappa shape index (κ2) is 8.12. The standard InChI is InChI=1S/C27H22N6O/c1-17-25(18(2)34-32-17)20-12-24-26(29-13-20)22(21-14-30-31-15-21)16-33(24)27(19-8-4-3-5-9-19)23-10-6-7-11-28-23/h3-16,27H,1-2H3,(H,30,31)/t27-/m0/s1. The van der Waals surface area contributed by atoms with Crippen LogP contribution in [0.25, 0.3) is 33.3 Å². The van der Waals surface area contributed by atoms with Gasteiger partial charge < -0.3 is 9.09 Å². The zero-order valence-corrected chi connectivity index (χ0v) is 18.8. The molecule has 0 unspecified atom stereocenters. The van der Waals surface area contributed by atoms with Crippen molar-refractivity contribution in [1.82, 2.24) is 29.9 Å². The van der Waals surface area contributed by atoms with Crippen molar-refractivity contribution in [3.8, 4) is 22.3 Å². The van der Waals surface area contributed by atoms with E-state index < -0.39 is 0 Å². The molecule has 0 bridgehead atoms. The number of rotatable bonds is 5. The fraction of sp³-hybridized carbons (Fsp3) is 0.111. The largest absolute Gasteiger partial charge is 0.361 e. The van der Waals surface area contributed by atoms with Crippen molar-refractivity contribution in [3.05, 3.63) is 108 Å². The lowest BCUT2D eigenvalue weighted by molar-refractivity contribution is 0.393. The Morgan fingerprint density at radius 1 is 0.941 bits per heavy atom. The van der Waals surface area contributed by atoms with Gasteiger partial charge in [0.2, 0.25) is 0 Å². The first-order valence-electron chi connectivity index (χ1n) is 11.1. The second-order valence-electron chi connectivity index (χ2n) is 8.30. The minimum Gasteiger partial charge on any atom is -0.361 e. The lowest BCUT2D eigenvalue weighted by Crippen LogP contribution is -2.12. The number of fused-ring (bicyclic) bond motifs is 1. The van der Waals surface area contributed by atoms with E-state index in [1.165, 1.54) is 0 Å². The van der Waals surface area contributed by atoms with Crippen LogP contribution < -0.4 is 0 Å². The Balaban J connectivity index is 1.66. The van der Waals surface area contributed by atoms with E-state index in [9.17, 15) is 0 Å². The highest BCUT2D eigenvalue weighted by atomic mass is 16.5. The predicted molar refractivity (Wildman–Crippen MR) is 130 cm³/mol. The van der Waals surface area contributed by atoms with E-state index in [1.807, 2.05) is 56.8 Å². The van der Waals surface area contributed by atoms with Gasteiger partial charge in [-0.25, -0.2) is 0 Å². The topological polar surface area (TPSA) is 85.4 Å². The summed E-state index contributed by atoms with van der Waals surface area (Å²) in [7, 11) is 0. The fourth-order valence-corrected chi connectivity index (χ4v) is 4.63. The minimum absolute atomic E-state index is 0.132. The zero-order valence-electron chi connectivity index (χ0n) is 18.8. The molecule has 1 aromatic carbocycles. The molecule has 7 heteroatoms. The molecule has 1 N–H and O–H groups in total. The number of nitrogens with one attached hydrogen (secondary N) is 1. The average molecular weight is 447 g/mol. The number of aromatic amines is 1. The highest BCUT2D eigenvalue weighted by Gasteiger charge is 2.24. The Morgan fingerprint density at radius 2 is 1.79 bits per heavy atom. The molecule has 0 aliphatic heterocycles. The summed E-state index contributed by atoms with van der Waals surface area (Å²) in [5, 5.41) is 11.2. The van der Waals surface area contributed by atoms with Crippen molar-refractivity contribution >= 4 is 11.0 Å². The molecule has 6 rings (SSSR count). The summed E-state index contributed by atoms with van der Waals surface area (Å²) in [5.41, 5.74) is 8.75. The number of aryl methyl sites for hydroxylation is 2. The summed E-state index contributed by atoms with van der Waals surface area (Å²) < 4.78 is 7.69. The van der Waals surface area contributed by atoms with E-state index in [1.54, 1.807) is 0 Å². The molecule has 0 saturated carbocycles. The average Bonchev–Trinajstić information content (AvgIpc) is 3.60. The summed E-state index contributed by atoms with van der Waals surface area (Å²) >= 11 is 0. The lowest BCUT2D eigenvalue weighted by atomic mass is 10.0. The van der Waals surface area contributed by atoms with Crippen molar-refractivity contribution in [2.75, 3.05) is 0 Å². The number of pyridine rings is 2. The van der Waals surface area contributed by atoms with Crippen molar-refractivity contribution in [3.63, 3.8) is 0 Å². The predicted octanol–water partition coefficient (Wildman–Crippen LogP) is 5.73. The molecular formula is C27H22N6O. The molecule has 0 fully saturated rings. The van der Waals surface area contributed by atoms with Crippen LogP contribution in [0.5, 0.6) is 0 Å². The Kier molecular flexibility index (Phi) is 4.80. The van der Waals surface area contributed by atoms with Gasteiger partial charge in [-0.05, 0) is 37.6 Å². The number of benzene rings is 1. The molecule has 5 aromatic heterocycles. The molecule has 1 atom stereocenters. The molecule has 0 aliphatic rings. The second-order valence-corrected chi connectivity index (χ2v) is 8.30. The van der Waals surface area contributed by atoms with Crippen LogP contribution in [0.2, 0.25) is 0 Å². The summed E-state index contributed by atoms with van der Waals surface area (Å²) in [6.45, 7) is 3.88. The molecule has 34 heavy (non-hydrogen) atoms. The van der Waals surface area contributed by atoms with Gasteiger partial charge in [0.25, 0.3) is 0 Å². The Labute approximate surface area is 196 Å². The molecule has 6 aromatic rings. The van der Waals surface area contributed by atoms with Crippen LogP contribution >= 0.6 is 0 Å². The molecule has 0 amide bonds. The molecule has 166 valence electrons. The fourth-order valence-electron chi connectivity index (χ4n) is 4.63. The van der Waals surface area contributed by atoms with E-state index in [2.05, 4.69) is 62.5 Å². The molecule has 0 radical (unpaired) electrons. The number of nitrogens with zero attached hydrogens (tertiary/aromatic N) is 5. The first-order chi connectivity index (χ1) is 16.7. The van der Waals surface area contributed by atoms with Crippen molar-refractivity contribution in [1.29, 1.82) is 0 Å². The van der Waals surface area contributed by atoms with Crippen LogP contribution in [0.4, 0.5) is 0 Å². The molecule has 7 nitrogen and oxygen atoms in total. The van der Waals surface area contributed by atoms with Gasteiger partial charge in [0.1, 0.15) is 11.8 Å². The summed E-state index contributed by atoms with van der Waals surface area (Å²) in [6, 6.07) is 18.5. The summed E-state index contributed by atoms with van der Waals surface area (Å²) in [6.07, 6.45) is 9.58. The minimum atomic E-state index is -0.132. The van der Waals surface area contributed by atoms with Crippen molar-refractivity contribution in [2.24, 2.45) is 0 Å². The molecular weight excluding hydrogens is 424 g/mol. The summed E-state index contributed by atoms with van der Waals surface area (Å²) in [5.74, 6) is 0.774. The first kappa shape index (κ1) is 20.1. The third-order valence-corrected chi connectivity index (χ3v) is 6.16. The van der Waals surface area contributed by atoms with Gasteiger partial charge in [-0.2, -0.15) is 5.10 Å². The van der Waals surface area contributed by atoms with Gasteiger partial charge in [0.15, 0.2) is 0 Å². The SMILES string of the molecule is Cc1noc(C)c1-c1cnc2c(-c3cn[nH]c3)cn([C@@H](c3ccccc3)c3ccccn3)c2c1. The Morgan fingerprint density at radius 3 is 2.50 bits per heavy atom. The zero-order chi connectivity index (χ0) is 23.1. The smallest absolute Gasteiger partial charge is 0.141 e. The third-order valence-electron chi connectivity index (χ3n) is 6.16. The van der Waals surface area contributed by atoms with Crippen molar-refractivity contribution in [2.45, 2.75) is 19.9 Å². The monoisotopic (exact) mass is 446 g/mol. The normalized spacial score (nSPS) is 12.3. The van der Waals surface area contributed by atoms with E-state index in [0.29, 0.717) is 0 Å². The van der Waals surface area contributed by atoms with Crippen LogP contribution in [-0.2, 0) is 0 Å². The molecule has 0 aliphatic carbocycles. The number of H-pyrrole nitrogens is 1. The van der Waals surface area contributed by atoms with Crippen LogP contribution in [0, 0.1) is 13.8 Å². The van der Waals surface area contributed by atoms with Gasteiger partial charge >= 0.3 is 0 Å². The maximum absolute atomic E-state index is 5.44. The van der Waals surface area contributed by atoms with E-state index in [-0.39, 0.29) is 6.04 Å². The number of hydrogen-bond acceptors (Lipinski definition) is 5. The molecule has 0 spiro atoms. The van der Waals surface area contributed by atoms with Crippen LogP contribution in [0.3, 0.4) is 0 Å². The van der Waals surface area contributed by atoms with Crippen molar-refractivity contribution < 1.29 is 4.52 Å².